The number of carbonyl (C=O) groups excluding carboxylic acids is 1. The van der Waals surface area contributed by atoms with Crippen molar-refractivity contribution in [2.75, 3.05) is 30.8 Å². The Balaban J connectivity index is 1.82. The third kappa shape index (κ3) is 3.24. The van der Waals surface area contributed by atoms with Crippen LogP contribution in [0, 0.1) is 6.92 Å². The zero-order chi connectivity index (χ0) is 17.3. The van der Waals surface area contributed by atoms with Crippen LogP contribution in [0.3, 0.4) is 0 Å². The van der Waals surface area contributed by atoms with Gasteiger partial charge < -0.3 is 20.7 Å². The summed E-state index contributed by atoms with van der Waals surface area (Å²) in [6.45, 7) is 3.25. The van der Waals surface area contributed by atoms with Crippen molar-refractivity contribution in [3.63, 3.8) is 0 Å². The molecular formula is C15H21N7O2. The number of nitrogen functional groups attached to an aromatic ring is 1. The smallest absolute Gasteiger partial charge is 0.407 e. The van der Waals surface area contributed by atoms with E-state index in [4.69, 9.17) is 10.5 Å². The molecule has 0 bridgehead atoms. The first-order chi connectivity index (χ1) is 11.5. The Kier molecular flexibility index (Phi) is 4.24. The summed E-state index contributed by atoms with van der Waals surface area (Å²) < 4.78 is 7.04. The molecule has 9 nitrogen and oxygen atoms in total. The maximum absolute atomic E-state index is 11.3. The van der Waals surface area contributed by atoms with Crippen LogP contribution in [-0.2, 0) is 11.8 Å². The SMILES string of the molecule is CNC(=O)O[C@@H]1CCN(c2cc(-c3cn(C)nc3C)nc(N)n2)C1. The van der Waals surface area contributed by atoms with Crippen molar-refractivity contribution in [3.8, 4) is 11.3 Å². The molecule has 3 rings (SSSR count). The molecule has 24 heavy (non-hydrogen) atoms. The molecule has 1 saturated heterocycles. The van der Waals surface area contributed by atoms with E-state index >= 15 is 0 Å². The summed E-state index contributed by atoms with van der Waals surface area (Å²) in [6.07, 6.45) is 2.07. The summed E-state index contributed by atoms with van der Waals surface area (Å²) in [4.78, 5) is 22.0. The van der Waals surface area contributed by atoms with Crippen LogP contribution in [0.1, 0.15) is 12.1 Å². The molecule has 0 spiro atoms. The van der Waals surface area contributed by atoms with Crippen molar-refractivity contribution < 1.29 is 9.53 Å². The number of nitrogens with zero attached hydrogens (tertiary/aromatic N) is 5. The van der Waals surface area contributed by atoms with E-state index < -0.39 is 6.09 Å². The van der Waals surface area contributed by atoms with Crippen molar-refractivity contribution in [3.05, 3.63) is 18.0 Å². The van der Waals surface area contributed by atoms with E-state index in [1.165, 1.54) is 0 Å². The predicted octanol–water partition coefficient (Wildman–Crippen LogP) is 0.702. The summed E-state index contributed by atoms with van der Waals surface area (Å²) in [5.74, 6) is 0.935. The van der Waals surface area contributed by atoms with E-state index in [1.54, 1.807) is 11.7 Å². The van der Waals surface area contributed by atoms with E-state index in [9.17, 15) is 4.79 Å². The minimum absolute atomic E-state index is 0.162. The van der Waals surface area contributed by atoms with Crippen LogP contribution >= 0.6 is 0 Å². The number of nitrogens with one attached hydrogen (secondary N) is 1. The Morgan fingerprint density at radius 3 is 2.92 bits per heavy atom. The molecule has 0 aromatic carbocycles. The van der Waals surface area contributed by atoms with Gasteiger partial charge in [0.05, 0.1) is 17.9 Å². The summed E-state index contributed by atoms with van der Waals surface area (Å²) in [6, 6.07) is 1.89. The maximum Gasteiger partial charge on any atom is 0.407 e. The molecule has 1 atom stereocenters. The number of aryl methyl sites for hydroxylation is 2. The zero-order valence-electron chi connectivity index (χ0n) is 14.0. The van der Waals surface area contributed by atoms with Crippen LogP contribution in [0.15, 0.2) is 12.3 Å². The topological polar surface area (TPSA) is 111 Å². The van der Waals surface area contributed by atoms with Crippen LogP contribution in [0.4, 0.5) is 16.6 Å². The highest BCUT2D eigenvalue weighted by Gasteiger charge is 2.27. The number of aromatic nitrogens is 4. The van der Waals surface area contributed by atoms with Crippen LogP contribution in [0.2, 0.25) is 0 Å². The Morgan fingerprint density at radius 2 is 2.25 bits per heavy atom. The first kappa shape index (κ1) is 16.0. The number of ether oxygens (including phenoxy) is 1. The second kappa shape index (κ2) is 6.34. The average molecular weight is 331 g/mol. The fourth-order valence-corrected chi connectivity index (χ4v) is 2.85. The molecule has 0 unspecified atom stereocenters. The minimum atomic E-state index is -0.421. The molecule has 1 fully saturated rings. The summed E-state index contributed by atoms with van der Waals surface area (Å²) in [7, 11) is 3.41. The lowest BCUT2D eigenvalue weighted by atomic mass is 10.2. The molecule has 128 valence electrons. The average Bonchev–Trinajstić information content (AvgIpc) is 3.13. The van der Waals surface area contributed by atoms with Gasteiger partial charge in [-0.1, -0.05) is 0 Å². The molecule has 9 heteroatoms. The standard InChI is InChI=1S/C15H21N7O2/c1-9-11(8-21(3)20-9)12-6-13(19-14(16)18-12)22-5-4-10(7-22)24-15(23)17-2/h6,8,10H,4-5,7H2,1-3H3,(H,17,23)(H2,16,18,19)/t10-/m1/s1. The van der Waals surface area contributed by atoms with Gasteiger partial charge in [-0.3, -0.25) is 4.68 Å². The fourth-order valence-electron chi connectivity index (χ4n) is 2.85. The maximum atomic E-state index is 11.3. The largest absolute Gasteiger partial charge is 0.444 e. The number of amides is 1. The second-order valence-electron chi connectivity index (χ2n) is 5.78. The molecule has 1 amide bonds. The first-order valence-electron chi connectivity index (χ1n) is 7.74. The molecule has 3 N–H and O–H groups in total. The van der Waals surface area contributed by atoms with Gasteiger partial charge in [-0.2, -0.15) is 10.1 Å². The second-order valence-corrected chi connectivity index (χ2v) is 5.78. The van der Waals surface area contributed by atoms with Crippen molar-refractivity contribution in [2.45, 2.75) is 19.4 Å². The van der Waals surface area contributed by atoms with Crippen molar-refractivity contribution in [2.24, 2.45) is 7.05 Å². The number of rotatable bonds is 3. The van der Waals surface area contributed by atoms with E-state index in [0.717, 1.165) is 35.7 Å². The third-order valence-corrected chi connectivity index (χ3v) is 3.97. The van der Waals surface area contributed by atoms with Crippen molar-refractivity contribution >= 4 is 17.9 Å². The van der Waals surface area contributed by atoms with E-state index in [0.29, 0.717) is 6.54 Å². The molecular weight excluding hydrogens is 310 g/mol. The molecule has 2 aromatic heterocycles. The molecule has 1 aliphatic heterocycles. The van der Waals surface area contributed by atoms with Gasteiger partial charge in [0.25, 0.3) is 0 Å². The third-order valence-electron chi connectivity index (χ3n) is 3.97. The van der Waals surface area contributed by atoms with Gasteiger partial charge >= 0.3 is 6.09 Å². The van der Waals surface area contributed by atoms with Crippen molar-refractivity contribution in [1.82, 2.24) is 25.1 Å². The molecule has 0 saturated carbocycles. The van der Waals surface area contributed by atoms with E-state index in [-0.39, 0.29) is 12.1 Å². The Labute approximate surface area is 139 Å². The molecule has 0 aliphatic carbocycles. The first-order valence-corrected chi connectivity index (χ1v) is 7.74. The summed E-state index contributed by atoms with van der Waals surface area (Å²) in [5, 5.41) is 6.80. The highest BCUT2D eigenvalue weighted by Crippen LogP contribution is 2.27. The van der Waals surface area contributed by atoms with E-state index in [1.807, 2.05) is 31.1 Å². The van der Waals surface area contributed by atoms with Gasteiger partial charge in [0, 0.05) is 44.9 Å². The fraction of sp³-hybridized carbons (Fsp3) is 0.467. The zero-order valence-corrected chi connectivity index (χ0v) is 14.0. The lowest BCUT2D eigenvalue weighted by molar-refractivity contribution is 0.110. The quantitative estimate of drug-likeness (QED) is 0.851. The summed E-state index contributed by atoms with van der Waals surface area (Å²) >= 11 is 0. The predicted molar refractivity (Wildman–Crippen MR) is 89.5 cm³/mol. The normalized spacial score (nSPS) is 17.1. The monoisotopic (exact) mass is 331 g/mol. The Morgan fingerprint density at radius 1 is 1.46 bits per heavy atom. The highest BCUT2D eigenvalue weighted by atomic mass is 16.6. The molecule has 0 radical (unpaired) electrons. The van der Waals surface area contributed by atoms with Gasteiger partial charge in [0.1, 0.15) is 11.9 Å². The van der Waals surface area contributed by atoms with Gasteiger partial charge in [-0.25, -0.2) is 9.78 Å². The van der Waals surface area contributed by atoms with E-state index in [2.05, 4.69) is 20.4 Å². The van der Waals surface area contributed by atoms with Crippen LogP contribution in [-0.4, -0.2) is 52.1 Å². The number of alkyl carbamates (subject to hydrolysis) is 1. The van der Waals surface area contributed by atoms with Crippen molar-refractivity contribution in [1.29, 1.82) is 0 Å². The molecule has 1 aliphatic rings. The number of hydrogen-bond donors (Lipinski definition) is 2. The summed E-state index contributed by atoms with van der Waals surface area (Å²) in [5.41, 5.74) is 8.42. The van der Waals surface area contributed by atoms with Gasteiger partial charge in [0.2, 0.25) is 5.95 Å². The highest BCUT2D eigenvalue weighted by molar-refractivity contribution is 5.67. The van der Waals surface area contributed by atoms with Crippen LogP contribution < -0.4 is 16.0 Å². The van der Waals surface area contributed by atoms with Crippen LogP contribution in [0.5, 0.6) is 0 Å². The number of nitrogens with two attached hydrogens (primary N) is 1. The Hall–Kier alpha value is -2.84. The lowest BCUT2D eigenvalue weighted by Crippen LogP contribution is -2.29. The van der Waals surface area contributed by atoms with Gasteiger partial charge in [-0.05, 0) is 6.92 Å². The number of hydrogen-bond acceptors (Lipinski definition) is 7. The Bertz CT molecular complexity index is 758. The molecule has 3 heterocycles. The minimum Gasteiger partial charge on any atom is -0.444 e. The molecule has 2 aromatic rings. The number of anilines is 2. The number of carbonyl (C=O) groups is 1. The van der Waals surface area contributed by atoms with Crippen LogP contribution in [0.25, 0.3) is 11.3 Å². The van der Waals surface area contributed by atoms with Gasteiger partial charge in [0.15, 0.2) is 0 Å². The van der Waals surface area contributed by atoms with Gasteiger partial charge in [-0.15, -0.1) is 0 Å². The lowest BCUT2D eigenvalue weighted by Gasteiger charge is -2.18.